The summed E-state index contributed by atoms with van der Waals surface area (Å²) in [5.74, 6) is 0.466. The topological polar surface area (TPSA) is 64.4 Å². The molecule has 1 aromatic carbocycles. The van der Waals surface area contributed by atoms with Gasteiger partial charge in [-0.1, -0.05) is 29.3 Å². The van der Waals surface area contributed by atoms with Gasteiger partial charge >= 0.3 is 0 Å². The van der Waals surface area contributed by atoms with Crippen molar-refractivity contribution in [3.8, 4) is 5.75 Å². The third-order valence-corrected chi connectivity index (χ3v) is 2.93. The Morgan fingerprint density at radius 3 is 2.74 bits per heavy atom. The zero-order valence-electron chi connectivity index (χ0n) is 11.1. The zero-order chi connectivity index (χ0) is 13.5. The molecule has 4 nitrogen and oxygen atoms in total. The van der Waals surface area contributed by atoms with E-state index in [2.05, 4.69) is 21.2 Å². The SMILES string of the molecule is CCCC(N)C(=O)Nc1cc(Br)ccc1OCC.Cl. The summed E-state index contributed by atoms with van der Waals surface area (Å²) in [4.78, 5) is 11.9. The number of carbonyl (C=O) groups is 1. The summed E-state index contributed by atoms with van der Waals surface area (Å²) in [6.45, 7) is 4.44. The molecule has 0 aliphatic rings. The molecule has 0 spiro atoms. The van der Waals surface area contributed by atoms with Crippen LogP contribution in [0.15, 0.2) is 22.7 Å². The van der Waals surface area contributed by atoms with Crippen LogP contribution in [0.1, 0.15) is 26.7 Å². The molecule has 0 saturated heterocycles. The second-order valence-corrected chi connectivity index (χ2v) is 4.87. The second kappa shape index (κ2) is 9.18. The van der Waals surface area contributed by atoms with E-state index in [0.29, 0.717) is 24.5 Å². The Balaban J connectivity index is 0.00000324. The molecule has 19 heavy (non-hydrogen) atoms. The van der Waals surface area contributed by atoms with Crippen molar-refractivity contribution < 1.29 is 9.53 Å². The molecule has 0 fully saturated rings. The Kier molecular flexibility index (Phi) is 8.80. The maximum atomic E-state index is 11.9. The number of amides is 1. The van der Waals surface area contributed by atoms with Gasteiger partial charge in [-0.3, -0.25) is 4.79 Å². The average molecular weight is 352 g/mol. The molecule has 0 aromatic heterocycles. The number of hydrogen-bond acceptors (Lipinski definition) is 3. The number of ether oxygens (including phenoxy) is 1. The number of benzene rings is 1. The van der Waals surface area contributed by atoms with Gasteiger partial charge in [0, 0.05) is 4.47 Å². The van der Waals surface area contributed by atoms with Gasteiger partial charge in [0.25, 0.3) is 0 Å². The van der Waals surface area contributed by atoms with Crippen molar-refractivity contribution in [2.75, 3.05) is 11.9 Å². The van der Waals surface area contributed by atoms with Crippen molar-refractivity contribution in [1.82, 2.24) is 0 Å². The Morgan fingerprint density at radius 1 is 1.47 bits per heavy atom. The molecule has 108 valence electrons. The van der Waals surface area contributed by atoms with E-state index < -0.39 is 6.04 Å². The standard InChI is InChI=1S/C13H19BrN2O2.ClH/c1-3-5-10(15)13(17)16-11-8-9(14)6-7-12(11)18-4-2;/h6-8,10H,3-5,15H2,1-2H3,(H,16,17);1H. The van der Waals surface area contributed by atoms with Gasteiger partial charge in [0.1, 0.15) is 5.75 Å². The van der Waals surface area contributed by atoms with E-state index in [1.54, 1.807) is 0 Å². The van der Waals surface area contributed by atoms with E-state index in [0.717, 1.165) is 10.9 Å². The second-order valence-electron chi connectivity index (χ2n) is 3.96. The van der Waals surface area contributed by atoms with Crippen molar-refractivity contribution in [3.05, 3.63) is 22.7 Å². The highest BCUT2D eigenvalue weighted by molar-refractivity contribution is 9.10. The van der Waals surface area contributed by atoms with Gasteiger partial charge in [-0.25, -0.2) is 0 Å². The molecule has 0 saturated carbocycles. The first kappa shape index (κ1) is 18.2. The van der Waals surface area contributed by atoms with Crippen molar-refractivity contribution in [2.45, 2.75) is 32.7 Å². The third kappa shape index (κ3) is 5.80. The number of hydrogen-bond donors (Lipinski definition) is 2. The van der Waals surface area contributed by atoms with Crippen LogP contribution in [0.2, 0.25) is 0 Å². The van der Waals surface area contributed by atoms with Crippen LogP contribution >= 0.6 is 28.3 Å². The molecule has 1 atom stereocenters. The van der Waals surface area contributed by atoms with Gasteiger partial charge in [0.05, 0.1) is 18.3 Å². The minimum Gasteiger partial charge on any atom is -0.492 e. The molecule has 0 heterocycles. The lowest BCUT2D eigenvalue weighted by Gasteiger charge is -2.14. The van der Waals surface area contributed by atoms with Crippen molar-refractivity contribution >= 4 is 39.9 Å². The summed E-state index contributed by atoms with van der Waals surface area (Å²) in [6, 6.07) is 5.01. The number of halogens is 2. The Bertz CT molecular complexity index is 416. The van der Waals surface area contributed by atoms with Crippen LogP contribution in [-0.2, 0) is 4.79 Å². The molecule has 0 aliphatic carbocycles. The molecule has 1 rings (SSSR count). The number of nitrogens with one attached hydrogen (secondary N) is 1. The predicted molar refractivity (Wildman–Crippen MR) is 84.1 cm³/mol. The highest BCUT2D eigenvalue weighted by Gasteiger charge is 2.14. The highest BCUT2D eigenvalue weighted by Crippen LogP contribution is 2.28. The molecule has 0 bridgehead atoms. The first-order valence-electron chi connectivity index (χ1n) is 6.07. The van der Waals surface area contributed by atoms with Gasteiger partial charge in [-0.2, -0.15) is 0 Å². The van der Waals surface area contributed by atoms with Crippen LogP contribution in [0.3, 0.4) is 0 Å². The molecular formula is C13H20BrClN2O2. The number of anilines is 1. The fraction of sp³-hybridized carbons (Fsp3) is 0.462. The van der Waals surface area contributed by atoms with Crippen LogP contribution < -0.4 is 15.8 Å². The lowest BCUT2D eigenvalue weighted by atomic mass is 10.1. The van der Waals surface area contributed by atoms with Gasteiger partial charge < -0.3 is 15.8 Å². The first-order valence-corrected chi connectivity index (χ1v) is 6.86. The fourth-order valence-corrected chi connectivity index (χ4v) is 1.91. The smallest absolute Gasteiger partial charge is 0.241 e. The summed E-state index contributed by atoms with van der Waals surface area (Å²) >= 11 is 3.37. The molecule has 0 aliphatic heterocycles. The van der Waals surface area contributed by atoms with Crippen molar-refractivity contribution in [2.24, 2.45) is 5.73 Å². The fourth-order valence-electron chi connectivity index (χ4n) is 1.55. The highest BCUT2D eigenvalue weighted by atomic mass is 79.9. The molecule has 3 N–H and O–H groups in total. The van der Waals surface area contributed by atoms with Crippen LogP contribution in [0, 0.1) is 0 Å². The summed E-state index contributed by atoms with van der Waals surface area (Å²) in [6.07, 6.45) is 1.55. The van der Waals surface area contributed by atoms with E-state index in [1.165, 1.54) is 0 Å². The van der Waals surface area contributed by atoms with Crippen LogP contribution in [0.25, 0.3) is 0 Å². The number of rotatable bonds is 6. The van der Waals surface area contributed by atoms with Crippen LogP contribution in [0.5, 0.6) is 5.75 Å². The maximum absolute atomic E-state index is 11.9. The summed E-state index contributed by atoms with van der Waals surface area (Å²) < 4.78 is 6.34. The Hall–Kier alpha value is -0.780. The van der Waals surface area contributed by atoms with E-state index in [4.69, 9.17) is 10.5 Å². The van der Waals surface area contributed by atoms with E-state index >= 15 is 0 Å². The number of carbonyl (C=O) groups excluding carboxylic acids is 1. The normalized spacial score (nSPS) is 11.4. The lowest BCUT2D eigenvalue weighted by molar-refractivity contribution is -0.117. The van der Waals surface area contributed by atoms with Crippen LogP contribution in [0.4, 0.5) is 5.69 Å². The molecule has 1 aromatic rings. The summed E-state index contributed by atoms with van der Waals surface area (Å²) in [7, 11) is 0. The van der Waals surface area contributed by atoms with E-state index in [9.17, 15) is 4.79 Å². The Labute approximate surface area is 128 Å². The van der Waals surface area contributed by atoms with Crippen LogP contribution in [-0.4, -0.2) is 18.6 Å². The monoisotopic (exact) mass is 350 g/mol. The molecule has 0 radical (unpaired) electrons. The lowest BCUT2D eigenvalue weighted by Crippen LogP contribution is -2.35. The van der Waals surface area contributed by atoms with Gasteiger partial charge in [0.15, 0.2) is 0 Å². The van der Waals surface area contributed by atoms with Crippen molar-refractivity contribution in [3.63, 3.8) is 0 Å². The minimum atomic E-state index is -0.483. The van der Waals surface area contributed by atoms with Gasteiger partial charge in [-0.05, 0) is 31.5 Å². The average Bonchev–Trinajstić information content (AvgIpc) is 2.33. The number of nitrogens with two attached hydrogens (primary N) is 1. The zero-order valence-corrected chi connectivity index (χ0v) is 13.5. The Morgan fingerprint density at radius 2 is 2.16 bits per heavy atom. The third-order valence-electron chi connectivity index (χ3n) is 2.44. The summed E-state index contributed by atoms with van der Waals surface area (Å²) in [5, 5.41) is 2.80. The minimum absolute atomic E-state index is 0. The molecule has 1 unspecified atom stereocenters. The quantitative estimate of drug-likeness (QED) is 0.826. The van der Waals surface area contributed by atoms with Crippen molar-refractivity contribution in [1.29, 1.82) is 0 Å². The van der Waals surface area contributed by atoms with E-state index in [-0.39, 0.29) is 18.3 Å². The molecule has 6 heteroatoms. The maximum Gasteiger partial charge on any atom is 0.241 e. The van der Waals surface area contributed by atoms with Gasteiger partial charge in [0.2, 0.25) is 5.91 Å². The predicted octanol–water partition coefficient (Wildman–Crippen LogP) is 3.34. The summed E-state index contributed by atoms with van der Waals surface area (Å²) in [5.41, 5.74) is 6.41. The largest absolute Gasteiger partial charge is 0.492 e. The van der Waals surface area contributed by atoms with E-state index in [1.807, 2.05) is 32.0 Å². The van der Waals surface area contributed by atoms with Gasteiger partial charge in [-0.15, -0.1) is 12.4 Å². The molecular weight excluding hydrogens is 332 g/mol. The molecule has 1 amide bonds. The first-order chi connectivity index (χ1) is 8.58.